The number of para-hydroxylation sites is 1. The van der Waals surface area contributed by atoms with Crippen molar-refractivity contribution in [2.75, 3.05) is 31.1 Å². The van der Waals surface area contributed by atoms with Crippen molar-refractivity contribution in [2.24, 2.45) is 5.92 Å². The molecule has 1 heterocycles. The standard InChI is InChI=1S/C16H22N2O3/c1-3-17(10-12(2)16(20)21)11-15(19)18-9-8-13-6-4-5-7-14(13)18/h4-7,12H,3,8-11H2,1-2H3,(H,20,21). The van der Waals surface area contributed by atoms with Gasteiger partial charge in [0.15, 0.2) is 0 Å². The van der Waals surface area contributed by atoms with Gasteiger partial charge in [0.05, 0.1) is 12.5 Å². The van der Waals surface area contributed by atoms with Crippen LogP contribution in [-0.2, 0) is 16.0 Å². The number of amides is 1. The zero-order valence-electron chi connectivity index (χ0n) is 12.6. The SMILES string of the molecule is CCN(CC(=O)N1CCc2ccccc21)CC(C)C(=O)O. The zero-order valence-corrected chi connectivity index (χ0v) is 12.6. The molecule has 0 radical (unpaired) electrons. The van der Waals surface area contributed by atoms with E-state index in [2.05, 4.69) is 0 Å². The molecule has 0 saturated carbocycles. The number of rotatable bonds is 6. The fourth-order valence-corrected chi connectivity index (χ4v) is 2.64. The van der Waals surface area contributed by atoms with Gasteiger partial charge in [-0.05, 0) is 24.6 Å². The summed E-state index contributed by atoms with van der Waals surface area (Å²) in [5.41, 5.74) is 2.19. The van der Waals surface area contributed by atoms with Crippen LogP contribution in [0.25, 0.3) is 0 Å². The lowest BCUT2D eigenvalue weighted by atomic mass is 10.1. The van der Waals surface area contributed by atoms with Crippen LogP contribution in [0.1, 0.15) is 19.4 Å². The Morgan fingerprint density at radius 1 is 1.38 bits per heavy atom. The Balaban J connectivity index is 1.99. The Bertz CT molecular complexity index is 530. The lowest BCUT2D eigenvalue weighted by Gasteiger charge is -2.25. The van der Waals surface area contributed by atoms with Crippen molar-refractivity contribution in [3.05, 3.63) is 29.8 Å². The van der Waals surface area contributed by atoms with Crippen molar-refractivity contribution in [1.29, 1.82) is 0 Å². The predicted octanol–water partition coefficient (Wildman–Crippen LogP) is 1.62. The number of hydrogen-bond donors (Lipinski definition) is 1. The Morgan fingerprint density at radius 2 is 2.10 bits per heavy atom. The fraction of sp³-hybridized carbons (Fsp3) is 0.500. The zero-order chi connectivity index (χ0) is 15.4. The summed E-state index contributed by atoms with van der Waals surface area (Å²) in [7, 11) is 0. The van der Waals surface area contributed by atoms with Crippen LogP contribution >= 0.6 is 0 Å². The Hall–Kier alpha value is -1.88. The molecule has 1 atom stereocenters. The van der Waals surface area contributed by atoms with E-state index in [1.165, 1.54) is 5.56 Å². The fourth-order valence-electron chi connectivity index (χ4n) is 2.64. The molecule has 114 valence electrons. The third-order valence-electron chi connectivity index (χ3n) is 3.95. The predicted molar refractivity (Wildman–Crippen MR) is 81.4 cm³/mol. The molecule has 5 nitrogen and oxygen atoms in total. The van der Waals surface area contributed by atoms with Gasteiger partial charge in [-0.3, -0.25) is 14.5 Å². The molecule has 21 heavy (non-hydrogen) atoms. The van der Waals surface area contributed by atoms with E-state index in [0.717, 1.165) is 12.1 Å². The third-order valence-corrected chi connectivity index (χ3v) is 3.95. The minimum atomic E-state index is -0.826. The van der Waals surface area contributed by atoms with Gasteiger partial charge in [-0.2, -0.15) is 0 Å². The summed E-state index contributed by atoms with van der Waals surface area (Å²) in [6.07, 6.45) is 0.888. The van der Waals surface area contributed by atoms with E-state index in [9.17, 15) is 9.59 Å². The number of carbonyl (C=O) groups is 2. The van der Waals surface area contributed by atoms with Crippen molar-refractivity contribution in [3.63, 3.8) is 0 Å². The second-order valence-electron chi connectivity index (χ2n) is 5.49. The highest BCUT2D eigenvalue weighted by molar-refractivity contribution is 5.96. The van der Waals surface area contributed by atoms with E-state index in [0.29, 0.717) is 19.6 Å². The maximum atomic E-state index is 12.5. The molecule has 0 aliphatic carbocycles. The molecule has 1 amide bonds. The van der Waals surface area contributed by atoms with Crippen LogP contribution in [0, 0.1) is 5.92 Å². The average Bonchev–Trinajstić information content (AvgIpc) is 2.90. The summed E-state index contributed by atoms with van der Waals surface area (Å²) in [5, 5.41) is 8.98. The molecule has 1 aromatic rings. The first-order valence-electron chi connectivity index (χ1n) is 7.36. The summed E-state index contributed by atoms with van der Waals surface area (Å²) in [6.45, 7) is 5.65. The molecule has 1 aliphatic heterocycles. The number of carboxylic acid groups (broad SMARTS) is 1. The van der Waals surface area contributed by atoms with Crippen LogP contribution < -0.4 is 4.90 Å². The first-order chi connectivity index (χ1) is 10.0. The number of carbonyl (C=O) groups excluding carboxylic acids is 1. The molecule has 0 fully saturated rings. The van der Waals surface area contributed by atoms with Crippen LogP contribution in [0.4, 0.5) is 5.69 Å². The van der Waals surface area contributed by atoms with Crippen molar-refractivity contribution in [3.8, 4) is 0 Å². The summed E-state index contributed by atoms with van der Waals surface area (Å²) in [6, 6.07) is 7.94. The molecular formula is C16H22N2O3. The molecule has 5 heteroatoms. The van der Waals surface area contributed by atoms with E-state index in [1.807, 2.05) is 41.0 Å². The van der Waals surface area contributed by atoms with Crippen molar-refractivity contribution < 1.29 is 14.7 Å². The van der Waals surface area contributed by atoms with Crippen molar-refractivity contribution >= 4 is 17.6 Å². The summed E-state index contributed by atoms with van der Waals surface area (Å²) >= 11 is 0. The van der Waals surface area contributed by atoms with Gasteiger partial charge in [-0.1, -0.05) is 32.0 Å². The van der Waals surface area contributed by atoms with E-state index < -0.39 is 11.9 Å². The van der Waals surface area contributed by atoms with Crippen molar-refractivity contribution in [1.82, 2.24) is 4.90 Å². The number of nitrogens with zero attached hydrogens (tertiary/aromatic N) is 2. The Morgan fingerprint density at radius 3 is 2.76 bits per heavy atom. The van der Waals surface area contributed by atoms with E-state index in [-0.39, 0.29) is 12.5 Å². The number of fused-ring (bicyclic) bond motifs is 1. The van der Waals surface area contributed by atoms with Gasteiger partial charge in [0.25, 0.3) is 0 Å². The molecule has 0 saturated heterocycles. The summed E-state index contributed by atoms with van der Waals surface area (Å²) in [5.74, 6) is -1.25. The molecule has 0 bridgehead atoms. The molecule has 0 spiro atoms. The smallest absolute Gasteiger partial charge is 0.307 e. The van der Waals surface area contributed by atoms with Gasteiger partial charge in [-0.15, -0.1) is 0 Å². The van der Waals surface area contributed by atoms with Crippen LogP contribution in [0.2, 0.25) is 0 Å². The Labute approximate surface area is 125 Å². The highest BCUT2D eigenvalue weighted by Gasteiger charge is 2.26. The maximum absolute atomic E-state index is 12.5. The third kappa shape index (κ3) is 3.61. The summed E-state index contributed by atoms with van der Waals surface area (Å²) in [4.78, 5) is 27.1. The first-order valence-corrected chi connectivity index (χ1v) is 7.36. The van der Waals surface area contributed by atoms with Crippen LogP contribution in [0.5, 0.6) is 0 Å². The number of anilines is 1. The Kier molecular flexibility index (Phi) is 4.96. The lowest BCUT2D eigenvalue weighted by Crippen LogP contribution is -2.42. The number of hydrogen-bond acceptors (Lipinski definition) is 3. The van der Waals surface area contributed by atoms with Crippen LogP contribution in [-0.4, -0.2) is 48.1 Å². The normalized spacial score (nSPS) is 15.1. The number of benzene rings is 1. The second kappa shape index (κ2) is 6.72. The maximum Gasteiger partial charge on any atom is 0.307 e. The average molecular weight is 290 g/mol. The summed E-state index contributed by atoms with van der Waals surface area (Å²) < 4.78 is 0. The van der Waals surface area contributed by atoms with E-state index in [1.54, 1.807) is 6.92 Å². The largest absolute Gasteiger partial charge is 0.481 e. The lowest BCUT2D eigenvalue weighted by molar-refractivity contribution is -0.142. The van der Waals surface area contributed by atoms with E-state index >= 15 is 0 Å². The van der Waals surface area contributed by atoms with Gasteiger partial charge in [0, 0.05) is 18.8 Å². The highest BCUT2D eigenvalue weighted by atomic mass is 16.4. The van der Waals surface area contributed by atoms with Crippen LogP contribution in [0.3, 0.4) is 0 Å². The highest BCUT2D eigenvalue weighted by Crippen LogP contribution is 2.27. The number of likely N-dealkylation sites (N-methyl/N-ethyl adjacent to an activating group) is 1. The van der Waals surface area contributed by atoms with E-state index in [4.69, 9.17) is 5.11 Å². The molecule has 1 N–H and O–H groups in total. The van der Waals surface area contributed by atoms with Gasteiger partial charge in [0.1, 0.15) is 0 Å². The monoisotopic (exact) mass is 290 g/mol. The number of carboxylic acids is 1. The number of aliphatic carboxylic acids is 1. The van der Waals surface area contributed by atoms with Gasteiger partial charge in [0.2, 0.25) is 5.91 Å². The van der Waals surface area contributed by atoms with Gasteiger partial charge < -0.3 is 10.0 Å². The minimum Gasteiger partial charge on any atom is -0.481 e. The van der Waals surface area contributed by atoms with Gasteiger partial charge in [-0.25, -0.2) is 0 Å². The second-order valence-corrected chi connectivity index (χ2v) is 5.49. The molecule has 2 rings (SSSR count). The topological polar surface area (TPSA) is 60.9 Å². The van der Waals surface area contributed by atoms with Crippen LogP contribution in [0.15, 0.2) is 24.3 Å². The molecule has 1 unspecified atom stereocenters. The quantitative estimate of drug-likeness (QED) is 0.865. The molecular weight excluding hydrogens is 268 g/mol. The molecule has 1 aliphatic rings. The van der Waals surface area contributed by atoms with Crippen molar-refractivity contribution in [2.45, 2.75) is 20.3 Å². The van der Waals surface area contributed by atoms with Gasteiger partial charge >= 0.3 is 5.97 Å². The first kappa shape index (κ1) is 15.5. The molecule has 1 aromatic carbocycles. The molecule has 0 aromatic heterocycles. The minimum absolute atomic E-state index is 0.0411.